The Kier molecular flexibility index (Phi) is 4.87. The van der Waals surface area contributed by atoms with Crippen molar-refractivity contribution < 1.29 is 15.0 Å². The third-order valence-electron chi connectivity index (χ3n) is 3.63. The summed E-state index contributed by atoms with van der Waals surface area (Å²) in [6, 6.07) is 3.25. The van der Waals surface area contributed by atoms with Crippen LogP contribution in [-0.2, 0) is 6.54 Å². The molecule has 1 aromatic heterocycles. The van der Waals surface area contributed by atoms with Gasteiger partial charge in [-0.1, -0.05) is 0 Å². The summed E-state index contributed by atoms with van der Waals surface area (Å²) in [4.78, 5) is 17.6. The van der Waals surface area contributed by atoms with Crippen molar-refractivity contribution in [2.24, 2.45) is 5.92 Å². The van der Waals surface area contributed by atoms with Crippen LogP contribution in [0.4, 0.5) is 0 Å². The number of rotatable bonds is 5. The number of pyridine rings is 1. The van der Waals surface area contributed by atoms with Gasteiger partial charge in [0.05, 0.1) is 11.3 Å². The first kappa shape index (κ1) is 14.0. The highest BCUT2D eigenvalue weighted by Gasteiger charge is 2.21. The zero-order chi connectivity index (χ0) is 13.7. The van der Waals surface area contributed by atoms with Crippen molar-refractivity contribution in [2.45, 2.75) is 25.8 Å². The van der Waals surface area contributed by atoms with Crippen LogP contribution < -0.4 is 0 Å². The van der Waals surface area contributed by atoms with Crippen LogP contribution in [0.2, 0.25) is 0 Å². The van der Waals surface area contributed by atoms with Crippen LogP contribution in [0.1, 0.15) is 35.3 Å². The van der Waals surface area contributed by atoms with Crippen molar-refractivity contribution in [3.8, 4) is 0 Å². The molecule has 1 saturated heterocycles. The third kappa shape index (κ3) is 3.75. The first-order valence-electron chi connectivity index (χ1n) is 6.71. The molecule has 0 aromatic carbocycles. The van der Waals surface area contributed by atoms with Gasteiger partial charge in [-0.25, -0.2) is 4.79 Å². The second-order valence-corrected chi connectivity index (χ2v) is 5.06. The number of carbonyl (C=O) groups is 1. The highest BCUT2D eigenvalue weighted by molar-refractivity contribution is 5.88. The molecule has 0 saturated carbocycles. The molecule has 104 valence electrons. The van der Waals surface area contributed by atoms with Crippen molar-refractivity contribution in [3.05, 3.63) is 29.6 Å². The van der Waals surface area contributed by atoms with Crippen LogP contribution in [0.5, 0.6) is 0 Å². The summed E-state index contributed by atoms with van der Waals surface area (Å²) >= 11 is 0. The maximum absolute atomic E-state index is 11.1. The fraction of sp³-hybridized carbons (Fsp3) is 0.571. The second kappa shape index (κ2) is 6.63. The van der Waals surface area contributed by atoms with Crippen LogP contribution in [0.15, 0.2) is 18.3 Å². The lowest BCUT2D eigenvalue weighted by Crippen LogP contribution is -2.35. The van der Waals surface area contributed by atoms with Crippen LogP contribution in [-0.4, -0.2) is 45.8 Å². The van der Waals surface area contributed by atoms with Crippen molar-refractivity contribution in [1.82, 2.24) is 9.88 Å². The molecule has 5 heteroatoms. The van der Waals surface area contributed by atoms with E-state index in [0.717, 1.165) is 32.4 Å². The highest BCUT2D eigenvalue weighted by Crippen LogP contribution is 2.21. The maximum atomic E-state index is 11.1. The summed E-state index contributed by atoms with van der Waals surface area (Å²) in [7, 11) is 0. The third-order valence-corrected chi connectivity index (χ3v) is 3.63. The maximum Gasteiger partial charge on any atom is 0.337 e. The van der Waals surface area contributed by atoms with Gasteiger partial charge in [0.1, 0.15) is 0 Å². The van der Waals surface area contributed by atoms with Crippen LogP contribution in [0.3, 0.4) is 0 Å². The van der Waals surface area contributed by atoms with E-state index in [2.05, 4.69) is 9.88 Å². The number of aromatic carboxylic acids is 1. The second-order valence-electron chi connectivity index (χ2n) is 5.06. The Morgan fingerprint density at radius 1 is 1.53 bits per heavy atom. The summed E-state index contributed by atoms with van der Waals surface area (Å²) in [6.07, 6.45) is 4.70. The van der Waals surface area contributed by atoms with E-state index in [1.54, 1.807) is 18.3 Å². The number of likely N-dealkylation sites (tertiary alicyclic amines) is 1. The van der Waals surface area contributed by atoms with E-state index in [1.165, 1.54) is 0 Å². The molecule has 19 heavy (non-hydrogen) atoms. The molecule has 2 N–H and O–H groups in total. The Morgan fingerprint density at radius 3 is 3.11 bits per heavy atom. The van der Waals surface area contributed by atoms with Gasteiger partial charge >= 0.3 is 5.97 Å². The van der Waals surface area contributed by atoms with Gasteiger partial charge in [-0.2, -0.15) is 0 Å². The minimum absolute atomic E-state index is 0.225. The van der Waals surface area contributed by atoms with E-state index in [0.29, 0.717) is 18.2 Å². The van der Waals surface area contributed by atoms with Crippen molar-refractivity contribution in [3.63, 3.8) is 0 Å². The zero-order valence-corrected chi connectivity index (χ0v) is 11.0. The molecule has 1 aliphatic rings. The molecule has 0 radical (unpaired) electrons. The molecule has 2 heterocycles. The van der Waals surface area contributed by atoms with Gasteiger partial charge in [-0.3, -0.25) is 9.88 Å². The minimum atomic E-state index is -0.924. The Bertz CT molecular complexity index is 434. The monoisotopic (exact) mass is 264 g/mol. The number of piperidine rings is 1. The van der Waals surface area contributed by atoms with Crippen LogP contribution >= 0.6 is 0 Å². The number of carboxylic acid groups (broad SMARTS) is 1. The Labute approximate surface area is 112 Å². The van der Waals surface area contributed by atoms with E-state index < -0.39 is 5.97 Å². The molecule has 2 rings (SSSR count). The number of aliphatic hydroxyl groups is 1. The first-order valence-corrected chi connectivity index (χ1v) is 6.71. The lowest BCUT2D eigenvalue weighted by molar-refractivity contribution is 0.0692. The summed E-state index contributed by atoms with van der Waals surface area (Å²) < 4.78 is 0. The van der Waals surface area contributed by atoms with E-state index in [1.807, 2.05) is 0 Å². The largest absolute Gasteiger partial charge is 0.478 e. The summed E-state index contributed by atoms with van der Waals surface area (Å²) in [5.41, 5.74) is 0.909. The van der Waals surface area contributed by atoms with Gasteiger partial charge in [0, 0.05) is 25.9 Å². The summed E-state index contributed by atoms with van der Waals surface area (Å²) in [5, 5.41) is 18.1. The lowest BCUT2D eigenvalue weighted by Gasteiger charge is -2.32. The molecule has 1 atom stereocenters. The van der Waals surface area contributed by atoms with E-state index in [4.69, 9.17) is 10.2 Å². The highest BCUT2D eigenvalue weighted by atomic mass is 16.4. The van der Waals surface area contributed by atoms with Gasteiger partial charge in [0.2, 0.25) is 0 Å². The van der Waals surface area contributed by atoms with E-state index in [9.17, 15) is 4.79 Å². The van der Waals surface area contributed by atoms with Gasteiger partial charge in [-0.15, -0.1) is 0 Å². The molecule has 1 fully saturated rings. The molecule has 0 aliphatic carbocycles. The van der Waals surface area contributed by atoms with Crippen LogP contribution in [0.25, 0.3) is 0 Å². The van der Waals surface area contributed by atoms with Gasteiger partial charge in [-0.05, 0) is 43.9 Å². The molecular formula is C14H20N2O3. The topological polar surface area (TPSA) is 73.7 Å². The first-order chi connectivity index (χ1) is 9.20. The SMILES string of the molecule is O=C(O)c1cccnc1CN1CCCC(CCO)C1. The van der Waals surface area contributed by atoms with Gasteiger partial charge in [0.25, 0.3) is 0 Å². The fourth-order valence-corrected chi connectivity index (χ4v) is 2.68. The number of hydrogen-bond acceptors (Lipinski definition) is 4. The van der Waals surface area contributed by atoms with Gasteiger partial charge in [0.15, 0.2) is 0 Å². The molecular weight excluding hydrogens is 244 g/mol. The average molecular weight is 264 g/mol. The van der Waals surface area contributed by atoms with E-state index in [-0.39, 0.29) is 12.2 Å². The Balaban J connectivity index is 2.02. The standard InChI is InChI=1S/C14H20N2O3/c17-8-5-11-3-2-7-16(9-11)10-13-12(14(18)19)4-1-6-15-13/h1,4,6,11,17H,2-3,5,7-10H2,(H,18,19). The Morgan fingerprint density at radius 2 is 2.37 bits per heavy atom. The molecule has 5 nitrogen and oxygen atoms in total. The van der Waals surface area contributed by atoms with Crippen molar-refractivity contribution in [1.29, 1.82) is 0 Å². The normalized spacial score (nSPS) is 20.4. The average Bonchev–Trinajstić information content (AvgIpc) is 2.40. The Hall–Kier alpha value is -1.46. The molecule has 0 bridgehead atoms. The number of carboxylic acids is 1. The molecule has 1 aromatic rings. The quantitative estimate of drug-likeness (QED) is 0.840. The lowest BCUT2D eigenvalue weighted by atomic mass is 9.95. The van der Waals surface area contributed by atoms with E-state index >= 15 is 0 Å². The van der Waals surface area contributed by atoms with Gasteiger partial charge < -0.3 is 10.2 Å². The molecule has 1 aliphatic heterocycles. The fourth-order valence-electron chi connectivity index (χ4n) is 2.68. The molecule has 1 unspecified atom stereocenters. The number of hydrogen-bond donors (Lipinski definition) is 2. The smallest absolute Gasteiger partial charge is 0.337 e. The van der Waals surface area contributed by atoms with Crippen molar-refractivity contribution >= 4 is 5.97 Å². The zero-order valence-electron chi connectivity index (χ0n) is 11.0. The summed E-state index contributed by atoms with van der Waals surface area (Å²) in [5.74, 6) is -0.414. The predicted octanol–water partition coefficient (Wildman–Crippen LogP) is 1.37. The van der Waals surface area contributed by atoms with Crippen molar-refractivity contribution in [2.75, 3.05) is 19.7 Å². The molecule has 0 spiro atoms. The molecule has 0 amide bonds. The van der Waals surface area contributed by atoms with Crippen LogP contribution in [0, 0.1) is 5.92 Å². The number of aromatic nitrogens is 1. The predicted molar refractivity (Wildman–Crippen MR) is 70.9 cm³/mol. The number of aliphatic hydroxyl groups excluding tert-OH is 1. The number of nitrogens with zero attached hydrogens (tertiary/aromatic N) is 2. The summed E-state index contributed by atoms with van der Waals surface area (Å²) in [6.45, 7) is 2.68. The minimum Gasteiger partial charge on any atom is -0.478 e.